The second-order valence-corrected chi connectivity index (χ2v) is 7.04. The Morgan fingerprint density at radius 2 is 2.00 bits per heavy atom. The van der Waals surface area contributed by atoms with Gasteiger partial charge in [0.1, 0.15) is 11.9 Å². The maximum absolute atomic E-state index is 13.6. The molecule has 1 fully saturated rings. The SMILES string of the molecule is CN(C)CC(=O)N[C@@H]1CC[C@@H](CC(=O)NCc2ccccc2F)O[C@H]1CO. The van der Waals surface area contributed by atoms with Crippen LogP contribution in [0.15, 0.2) is 24.3 Å². The van der Waals surface area contributed by atoms with E-state index in [-0.39, 0.29) is 55.9 Å². The van der Waals surface area contributed by atoms with Crippen LogP contribution < -0.4 is 10.6 Å². The molecule has 150 valence electrons. The third kappa shape index (κ3) is 6.89. The summed E-state index contributed by atoms with van der Waals surface area (Å²) in [4.78, 5) is 25.8. The number of likely N-dealkylation sites (N-methyl/N-ethyl adjacent to an activating group) is 1. The molecule has 1 aromatic carbocycles. The first-order valence-electron chi connectivity index (χ1n) is 9.09. The van der Waals surface area contributed by atoms with Crippen molar-refractivity contribution >= 4 is 11.8 Å². The number of carbonyl (C=O) groups excluding carboxylic acids is 2. The fraction of sp³-hybridized carbons (Fsp3) is 0.579. The number of carbonyl (C=O) groups is 2. The quantitative estimate of drug-likeness (QED) is 0.607. The molecule has 0 spiro atoms. The predicted molar refractivity (Wildman–Crippen MR) is 98.3 cm³/mol. The van der Waals surface area contributed by atoms with Gasteiger partial charge in [-0.3, -0.25) is 9.59 Å². The van der Waals surface area contributed by atoms with E-state index in [1.807, 2.05) is 0 Å². The van der Waals surface area contributed by atoms with Gasteiger partial charge in [0.25, 0.3) is 0 Å². The van der Waals surface area contributed by atoms with Gasteiger partial charge in [-0.25, -0.2) is 4.39 Å². The van der Waals surface area contributed by atoms with E-state index < -0.39 is 6.10 Å². The molecule has 0 saturated carbocycles. The highest BCUT2D eigenvalue weighted by Crippen LogP contribution is 2.22. The Kier molecular flexibility index (Phi) is 8.15. The lowest BCUT2D eigenvalue weighted by Crippen LogP contribution is -2.52. The summed E-state index contributed by atoms with van der Waals surface area (Å²) in [5.41, 5.74) is 0.423. The zero-order valence-electron chi connectivity index (χ0n) is 15.8. The Morgan fingerprint density at radius 3 is 2.67 bits per heavy atom. The molecule has 7 nitrogen and oxygen atoms in total. The molecule has 3 N–H and O–H groups in total. The normalized spacial score (nSPS) is 22.5. The molecular weight excluding hydrogens is 353 g/mol. The first-order valence-corrected chi connectivity index (χ1v) is 9.09. The van der Waals surface area contributed by atoms with Crippen LogP contribution in [0.2, 0.25) is 0 Å². The summed E-state index contributed by atoms with van der Waals surface area (Å²) in [6, 6.07) is 6.00. The first-order chi connectivity index (χ1) is 12.9. The van der Waals surface area contributed by atoms with Crippen molar-refractivity contribution in [2.75, 3.05) is 27.2 Å². The number of nitrogens with zero attached hydrogens (tertiary/aromatic N) is 1. The van der Waals surface area contributed by atoms with Crippen molar-refractivity contribution in [3.8, 4) is 0 Å². The topological polar surface area (TPSA) is 90.9 Å². The van der Waals surface area contributed by atoms with E-state index in [4.69, 9.17) is 4.74 Å². The van der Waals surface area contributed by atoms with Crippen LogP contribution in [-0.4, -0.2) is 67.3 Å². The molecule has 0 radical (unpaired) electrons. The summed E-state index contributed by atoms with van der Waals surface area (Å²) in [7, 11) is 3.60. The van der Waals surface area contributed by atoms with Crippen LogP contribution in [-0.2, 0) is 20.9 Å². The monoisotopic (exact) mass is 381 g/mol. The standard InChI is InChI=1S/C19H28FN3O4/c1-23(2)11-19(26)22-16-8-7-14(27-17(16)12-24)9-18(25)21-10-13-5-3-4-6-15(13)20/h3-6,14,16-17,24H,7-12H2,1-2H3,(H,21,25)(H,22,26)/t14-,16+,17-/m0/s1. The van der Waals surface area contributed by atoms with Gasteiger partial charge in [0.15, 0.2) is 0 Å². The van der Waals surface area contributed by atoms with E-state index >= 15 is 0 Å². The lowest BCUT2D eigenvalue weighted by Gasteiger charge is -2.36. The highest BCUT2D eigenvalue weighted by atomic mass is 19.1. The molecule has 0 aromatic heterocycles. The fourth-order valence-corrected chi connectivity index (χ4v) is 3.10. The Labute approximate surface area is 158 Å². The van der Waals surface area contributed by atoms with Gasteiger partial charge < -0.3 is 25.4 Å². The van der Waals surface area contributed by atoms with E-state index in [2.05, 4.69) is 10.6 Å². The maximum atomic E-state index is 13.6. The number of rotatable bonds is 8. The molecule has 2 rings (SSSR count). The van der Waals surface area contributed by atoms with Crippen molar-refractivity contribution in [3.63, 3.8) is 0 Å². The highest BCUT2D eigenvalue weighted by molar-refractivity contribution is 5.78. The maximum Gasteiger partial charge on any atom is 0.234 e. The van der Waals surface area contributed by atoms with Crippen molar-refractivity contribution < 1.29 is 23.8 Å². The third-order valence-electron chi connectivity index (χ3n) is 4.45. The summed E-state index contributed by atoms with van der Waals surface area (Å²) in [6.45, 7) is 0.141. The minimum Gasteiger partial charge on any atom is -0.394 e. The second-order valence-electron chi connectivity index (χ2n) is 7.04. The third-order valence-corrected chi connectivity index (χ3v) is 4.45. The number of hydrogen-bond acceptors (Lipinski definition) is 5. The minimum atomic E-state index is -0.547. The average Bonchev–Trinajstić information content (AvgIpc) is 2.61. The molecule has 1 heterocycles. The van der Waals surface area contributed by atoms with E-state index in [9.17, 15) is 19.1 Å². The highest BCUT2D eigenvalue weighted by Gasteiger charge is 2.32. The number of aliphatic hydroxyl groups excluding tert-OH is 1. The van der Waals surface area contributed by atoms with Crippen molar-refractivity contribution in [2.45, 2.75) is 44.1 Å². The zero-order chi connectivity index (χ0) is 19.8. The molecule has 0 bridgehead atoms. The van der Waals surface area contributed by atoms with Gasteiger partial charge in [-0.15, -0.1) is 0 Å². The molecule has 0 aliphatic carbocycles. The van der Waals surface area contributed by atoms with Crippen LogP contribution in [0, 0.1) is 5.82 Å². The van der Waals surface area contributed by atoms with Crippen LogP contribution in [0.25, 0.3) is 0 Å². The molecular formula is C19H28FN3O4. The number of halogens is 1. The fourth-order valence-electron chi connectivity index (χ4n) is 3.10. The summed E-state index contributed by atoms with van der Waals surface area (Å²) in [6.07, 6.45) is 0.453. The molecule has 1 saturated heterocycles. The Hall–Kier alpha value is -2.03. The van der Waals surface area contributed by atoms with Crippen LogP contribution in [0.3, 0.4) is 0 Å². The molecule has 1 aromatic rings. The summed E-state index contributed by atoms with van der Waals surface area (Å²) in [5.74, 6) is -0.730. The first kappa shape index (κ1) is 21.3. The van der Waals surface area contributed by atoms with Crippen LogP contribution in [0.4, 0.5) is 4.39 Å². The van der Waals surface area contributed by atoms with E-state index in [0.29, 0.717) is 18.4 Å². The van der Waals surface area contributed by atoms with Gasteiger partial charge >= 0.3 is 0 Å². The van der Waals surface area contributed by atoms with Gasteiger partial charge in [-0.1, -0.05) is 18.2 Å². The van der Waals surface area contributed by atoms with Crippen molar-refractivity contribution in [2.24, 2.45) is 0 Å². The number of amides is 2. The van der Waals surface area contributed by atoms with E-state index in [1.165, 1.54) is 6.07 Å². The van der Waals surface area contributed by atoms with Crippen molar-refractivity contribution in [1.82, 2.24) is 15.5 Å². The zero-order valence-corrected chi connectivity index (χ0v) is 15.8. The molecule has 27 heavy (non-hydrogen) atoms. The van der Waals surface area contributed by atoms with Crippen LogP contribution in [0.5, 0.6) is 0 Å². The van der Waals surface area contributed by atoms with Gasteiger partial charge in [-0.05, 0) is 33.0 Å². The number of aliphatic hydroxyl groups is 1. The second kappa shape index (κ2) is 10.3. The molecule has 1 aliphatic rings. The Balaban J connectivity index is 1.79. The number of benzene rings is 1. The lowest BCUT2D eigenvalue weighted by atomic mass is 9.97. The molecule has 3 atom stereocenters. The van der Waals surface area contributed by atoms with Crippen molar-refractivity contribution in [1.29, 1.82) is 0 Å². The minimum absolute atomic E-state index is 0.116. The summed E-state index contributed by atoms with van der Waals surface area (Å²) < 4.78 is 19.4. The smallest absolute Gasteiger partial charge is 0.234 e. The largest absolute Gasteiger partial charge is 0.394 e. The van der Waals surface area contributed by atoms with E-state index in [1.54, 1.807) is 37.2 Å². The number of hydrogen-bond donors (Lipinski definition) is 3. The average molecular weight is 381 g/mol. The summed E-state index contributed by atoms with van der Waals surface area (Å²) in [5, 5.41) is 15.1. The lowest BCUT2D eigenvalue weighted by molar-refractivity contribution is -0.136. The van der Waals surface area contributed by atoms with Crippen LogP contribution in [0.1, 0.15) is 24.8 Å². The Bertz CT molecular complexity index is 641. The van der Waals surface area contributed by atoms with Crippen molar-refractivity contribution in [3.05, 3.63) is 35.6 Å². The molecule has 8 heteroatoms. The molecule has 0 unspecified atom stereocenters. The number of nitrogens with one attached hydrogen (secondary N) is 2. The summed E-state index contributed by atoms with van der Waals surface area (Å²) >= 11 is 0. The van der Waals surface area contributed by atoms with Gasteiger partial charge in [0.2, 0.25) is 11.8 Å². The van der Waals surface area contributed by atoms with Gasteiger partial charge in [0.05, 0.1) is 31.7 Å². The van der Waals surface area contributed by atoms with Crippen LogP contribution >= 0.6 is 0 Å². The number of ether oxygens (including phenoxy) is 1. The van der Waals surface area contributed by atoms with E-state index in [0.717, 1.165) is 0 Å². The molecule has 2 amide bonds. The van der Waals surface area contributed by atoms with Gasteiger partial charge in [-0.2, -0.15) is 0 Å². The Morgan fingerprint density at radius 1 is 1.26 bits per heavy atom. The predicted octanol–water partition coefficient (Wildman–Crippen LogP) is 0.418. The van der Waals surface area contributed by atoms with Gasteiger partial charge in [0, 0.05) is 12.1 Å². The molecule has 1 aliphatic heterocycles.